The van der Waals surface area contributed by atoms with Crippen LogP contribution in [0.3, 0.4) is 0 Å². The molecule has 0 spiro atoms. The van der Waals surface area contributed by atoms with Gasteiger partial charge in [-0.15, -0.1) is 11.3 Å². The molecule has 6 nitrogen and oxygen atoms in total. The number of aliphatic hydroxyl groups is 1. The Morgan fingerprint density at radius 1 is 1.00 bits per heavy atom. The molecule has 5 rings (SSSR count). The molecule has 0 bridgehead atoms. The van der Waals surface area contributed by atoms with Gasteiger partial charge in [0.25, 0.3) is 0 Å². The SMILES string of the molecule is [O-][S+](Nc1nccs1)c1ccc(C(O)c2ccc(-c3ccc(F)nc3)cc2-c2ccoc2)cc1. The number of halogens is 1. The fraction of sp³-hybridized carbons (Fsp3) is 0.0400. The van der Waals surface area contributed by atoms with Crippen LogP contribution in [0.2, 0.25) is 0 Å². The Hall–Kier alpha value is -3.50. The van der Waals surface area contributed by atoms with E-state index in [-0.39, 0.29) is 0 Å². The summed E-state index contributed by atoms with van der Waals surface area (Å²) in [5, 5.41) is 13.6. The number of nitrogens with one attached hydrogen (secondary N) is 1. The maximum atomic E-state index is 13.3. The number of nitrogens with zero attached hydrogens (tertiary/aromatic N) is 2. The average Bonchev–Trinajstić information content (AvgIpc) is 3.59. The Kier molecular flexibility index (Phi) is 6.41. The maximum Gasteiger partial charge on any atom is 0.226 e. The van der Waals surface area contributed by atoms with E-state index in [1.165, 1.54) is 23.6 Å². The molecule has 0 aliphatic carbocycles. The highest BCUT2D eigenvalue weighted by Crippen LogP contribution is 2.36. The molecular formula is C25H18FN3O3S2. The molecule has 0 aliphatic rings. The summed E-state index contributed by atoms with van der Waals surface area (Å²) >= 11 is -0.0960. The summed E-state index contributed by atoms with van der Waals surface area (Å²) in [6.07, 6.45) is 5.35. The summed E-state index contributed by atoms with van der Waals surface area (Å²) in [5.74, 6) is -0.544. The van der Waals surface area contributed by atoms with Crippen molar-refractivity contribution in [3.05, 3.63) is 108 Å². The minimum Gasteiger partial charge on any atom is -0.588 e. The van der Waals surface area contributed by atoms with Crippen LogP contribution < -0.4 is 4.72 Å². The lowest BCUT2D eigenvalue weighted by Crippen LogP contribution is -2.13. The fourth-order valence-corrected chi connectivity index (χ4v) is 5.06. The highest BCUT2D eigenvalue weighted by atomic mass is 32.2. The third kappa shape index (κ3) is 4.73. The summed E-state index contributed by atoms with van der Waals surface area (Å²) in [5.41, 5.74) is 4.49. The molecule has 0 saturated heterocycles. The largest absolute Gasteiger partial charge is 0.588 e. The third-order valence-corrected chi connectivity index (χ3v) is 7.16. The van der Waals surface area contributed by atoms with Crippen molar-refractivity contribution in [1.82, 2.24) is 9.97 Å². The molecule has 170 valence electrons. The molecule has 2 atom stereocenters. The van der Waals surface area contributed by atoms with Gasteiger partial charge in [0, 0.05) is 28.9 Å². The lowest BCUT2D eigenvalue weighted by Gasteiger charge is -2.17. The quantitative estimate of drug-likeness (QED) is 0.220. The predicted octanol–water partition coefficient (Wildman–Crippen LogP) is 5.82. The number of benzene rings is 2. The minimum absolute atomic E-state index is 0.544. The first kappa shape index (κ1) is 22.3. The molecule has 0 radical (unpaired) electrons. The van der Waals surface area contributed by atoms with Crippen LogP contribution in [0.4, 0.5) is 9.52 Å². The van der Waals surface area contributed by atoms with Gasteiger partial charge in [0.05, 0.1) is 12.5 Å². The number of pyridine rings is 1. The molecule has 5 aromatic rings. The smallest absolute Gasteiger partial charge is 0.226 e. The second kappa shape index (κ2) is 9.78. The topological polar surface area (TPSA) is 94.2 Å². The van der Waals surface area contributed by atoms with Crippen LogP contribution in [0.1, 0.15) is 17.2 Å². The van der Waals surface area contributed by atoms with E-state index in [9.17, 15) is 14.0 Å². The van der Waals surface area contributed by atoms with Gasteiger partial charge in [0.2, 0.25) is 11.1 Å². The van der Waals surface area contributed by atoms with E-state index in [1.807, 2.05) is 24.3 Å². The molecule has 0 amide bonds. The fourth-order valence-electron chi connectivity index (χ4n) is 3.55. The molecule has 3 aromatic heterocycles. The van der Waals surface area contributed by atoms with Gasteiger partial charge in [-0.3, -0.25) is 0 Å². The molecule has 9 heteroatoms. The number of furan rings is 1. The Morgan fingerprint density at radius 3 is 2.50 bits per heavy atom. The molecule has 0 fully saturated rings. The summed E-state index contributed by atoms with van der Waals surface area (Å²) in [4.78, 5) is 8.38. The molecule has 0 aliphatic heterocycles. The first-order valence-corrected chi connectivity index (χ1v) is 12.3. The summed E-state index contributed by atoms with van der Waals surface area (Å²) in [6, 6.07) is 17.3. The molecule has 2 unspecified atom stereocenters. The predicted molar refractivity (Wildman–Crippen MR) is 130 cm³/mol. The van der Waals surface area contributed by atoms with E-state index in [2.05, 4.69) is 14.7 Å². The van der Waals surface area contributed by atoms with E-state index in [4.69, 9.17) is 4.42 Å². The van der Waals surface area contributed by atoms with E-state index < -0.39 is 23.4 Å². The standard InChI is InChI=1S/C25H18FN3O3S2/c26-23-8-4-18(14-28-23)17-3-7-21(22(13-17)19-9-11-32-15-19)24(30)16-1-5-20(6-2-16)34(31)29-25-27-10-12-33-25/h1-15,24,30H,(H,27,29). The van der Waals surface area contributed by atoms with Gasteiger partial charge in [-0.25, -0.2) is 9.97 Å². The van der Waals surface area contributed by atoms with Crippen LogP contribution in [-0.4, -0.2) is 19.6 Å². The second-order valence-electron chi connectivity index (χ2n) is 7.36. The lowest BCUT2D eigenvalue weighted by atomic mass is 9.91. The van der Waals surface area contributed by atoms with Crippen molar-refractivity contribution < 1.29 is 18.5 Å². The second-order valence-corrected chi connectivity index (χ2v) is 9.47. The van der Waals surface area contributed by atoms with E-state index in [0.717, 1.165) is 22.3 Å². The van der Waals surface area contributed by atoms with Crippen LogP contribution in [0.15, 0.2) is 100 Å². The number of hydrogen-bond donors (Lipinski definition) is 2. The third-order valence-electron chi connectivity index (χ3n) is 5.26. The van der Waals surface area contributed by atoms with Crippen molar-refractivity contribution in [3.63, 3.8) is 0 Å². The molecular weight excluding hydrogens is 473 g/mol. The monoisotopic (exact) mass is 491 g/mol. The van der Waals surface area contributed by atoms with Gasteiger partial charge in [0.15, 0.2) is 4.90 Å². The van der Waals surface area contributed by atoms with Crippen molar-refractivity contribution in [2.75, 3.05) is 4.72 Å². The van der Waals surface area contributed by atoms with Crippen LogP contribution in [-0.2, 0) is 11.4 Å². The van der Waals surface area contributed by atoms with Crippen molar-refractivity contribution in [1.29, 1.82) is 0 Å². The van der Waals surface area contributed by atoms with E-state index in [0.29, 0.717) is 21.2 Å². The average molecular weight is 492 g/mol. The van der Waals surface area contributed by atoms with Crippen LogP contribution in [0, 0.1) is 5.95 Å². The number of aliphatic hydroxyl groups excluding tert-OH is 1. The van der Waals surface area contributed by atoms with Gasteiger partial charge < -0.3 is 14.1 Å². The van der Waals surface area contributed by atoms with Crippen LogP contribution in [0.25, 0.3) is 22.3 Å². The number of rotatable bonds is 7. The van der Waals surface area contributed by atoms with Crippen molar-refractivity contribution in [2.24, 2.45) is 0 Å². The highest BCUT2D eigenvalue weighted by Gasteiger charge is 2.19. The number of hydrogen-bond acceptors (Lipinski definition) is 7. The van der Waals surface area contributed by atoms with E-state index in [1.54, 1.807) is 54.4 Å². The maximum absolute atomic E-state index is 13.3. The zero-order valence-corrected chi connectivity index (χ0v) is 19.2. The van der Waals surface area contributed by atoms with Crippen LogP contribution >= 0.6 is 11.3 Å². The normalized spacial score (nSPS) is 12.9. The first-order chi connectivity index (χ1) is 16.6. The minimum atomic E-state index is -1.46. The van der Waals surface area contributed by atoms with E-state index >= 15 is 0 Å². The number of aromatic nitrogens is 2. The van der Waals surface area contributed by atoms with Gasteiger partial charge in [0.1, 0.15) is 17.5 Å². The summed E-state index contributed by atoms with van der Waals surface area (Å²) in [7, 11) is 0. The van der Waals surface area contributed by atoms with Gasteiger partial charge >= 0.3 is 0 Å². The Bertz CT molecular complexity index is 1360. The van der Waals surface area contributed by atoms with Gasteiger partial charge in [-0.05, 0) is 58.7 Å². The molecule has 34 heavy (non-hydrogen) atoms. The van der Waals surface area contributed by atoms with Crippen molar-refractivity contribution in [3.8, 4) is 22.3 Å². The highest BCUT2D eigenvalue weighted by molar-refractivity contribution is 7.93. The first-order valence-electron chi connectivity index (χ1n) is 10.2. The number of anilines is 1. The van der Waals surface area contributed by atoms with Crippen molar-refractivity contribution in [2.45, 2.75) is 11.0 Å². The van der Waals surface area contributed by atoms with Gasteiger partial charge in [-0.1, -0.05) is 24.3 Å². The molecule has 2 aromatic carbocycles. The van der Waals surface area contributed by atoms with Crippen LogP contribution in [0.5, 0.6) is 0 Å². The zero-order valence-electron chi connectivity index (χ0n) is 17.6. The lowest BCUT2D eigenvalue weighted by molar-refractivity contribution is 0.221. The summed E-state index contributed by atoms with van der Waals surface area (Å²) in [6.45, 7) is 0. The number of thiazole rings is 1. The summed E-state index contributed by atoms with van der Waals surface area (Å²) < 4.78 is 33.9. The molecule has 2 N–H and O–H groups in total. The Morgan fingerprint density at radius 2 is 1.82 bits per heavy atom. The van der Waals surface area contributed by atoms with Crippen molar-refractivity contribution >= 4 is 27.8 Å². The molecule has 3 heterocycles. The molecule has 0 saturated carbocycles. The Balaban J connectivity index is 1.44. The zero-order chi connectivity index (χ0) is 23.5. The Labute approximate surface area is 202 Å². The van der Waals surface area contributed by atoms with Gasteiger partial charge in [-0.2, -0.15) is 9.11 Å².